The highest BCUT2D eigenvalue weighted by molar-refractivity contribution is 5.29. The normalized spacial score (nSPS) is 10.7. The van der Waals surface area contributed by atoms with E-state index in [1.165, 1.54) is 0 Å². The van der Waals surface area contributed by atoms with Crippen LogP contribution in [0.3, 0.4) is 0 Å². The second-order valence-electron chi connectivity index (χ2n) is 4.56. The molecule has 0 aliphatic rings. The lowest BCUT2D eigenvalue weighted by atomic mass is 10.2. The van der Waals surface area contributed by atoms with Crippen molar-refractivity contribution in [2.75, 3.05) is 11.9 Å². The molecule has 2 heterocycles. The van der Waals surface area contributed by atoms with Crippen molar-refractivity contribution in [3.8, 4) is 0 Å². The van der Waals surface area contributed by atoms with Crippen molar-refractivity contribution in [2.24, 2.45) is 0 Å². The average Bonchev–Trinajstić information content (AvgIpc) is 2.83. The topological polar surface area (TPSA) is 55.6 Å². The van der Waals surface area contributed by atoms with Crippen LogP contribution in [0.4, 0.5) is 5.95 Å². The summed E-state index contributed by atoms with van der Waals surface area (Å²) in [6.45, 7) is 8.06. The van der Waals surface area contributed by atoms with Gasteiger partial charge in [-0.25, -0.2) is 15.0 Å². The summed E-state index contributed by atoms with van der Waals surface area (Å²) in [5.74, 6) is 1.76. The molecule has 0 spiro atoms. The second kappa shape index (κ2) is 6.31. The van der Waals surface area contributed by atoms with Crippen LogP contribution in [0.15, 0.2) is 18.5 Å². The molecular formula is C14H21N5. The highest BCUT2D eigenvalue weighted by Crippen LogP contribution is 2.10. The van der Waals surface area contributed by atoms with Crippen LogP contribution in [0.1, 0.15) is 37.5 Å². The zero-order valence-corrected chi connectivity index (χ0v) is 11.8. The van der Waals surface area contributed by atoms with Gasteiger partial charge in [-0.1, -0.05) is 6.92 Å². The minimum Gasteiger partial charge on any atom is -0.354 e. The SMILES string of the molecule is CCCNc1nc(C)cc(Cc2nccn2CC)n1. The number of imidazole rings is 1. The Morgan fingerprint density at radius 2 is 2.11 bits per heavy atom. The Balaban J connectivity index is 2.17. The predicted octanol–water partition coefficient (Wildman–Crippen LogP) is 2.41. The van der Waals surface area contributed by atoms with Gasteiger partial charge in [0.15, 0.2) is 0 Å². The molecule has 5 nitrogen and oxygen atoms in total. The lowest BCUT2D eigenvalue weighted by Crippen LogP contribution is -2.09. The zero-order chi connectivity index (χ0) is 13.7. The van der Waals surface area contributed by atoms with Crippen molar-refractivity contribution in [1.82, 2.24) is 19.5 Å². The molecule has 1 N–H and O–H groups in total. The molecule has 0 saturated carbocycles. The van der Waals surface area contributed by atoms with Gasteiger partial charge in [-0.3, -0.25) is 0 Å². The molecule has 0 radical (unpaired) electrons. The van der Waals surface area contributed by atoms with E-state index in [4.69, 9.17) is 0 Å². The molecule has 0 amide bonds. The van der Waals surface area contributed by atoms with Crippen molar-refractivity contribution >= 4 is 5.95 Å². The minimum absolute atomic E-state index is 0.714. The number of aryl methyl sites for hydroxylation is 2. The number of anilines is 1. The summed E-state index contributed by atoms with van der Waals surface area (Å²) in [6.07, 6.45) is 5.64. The van der Waals surface area contributed by atoms with Gasteiger partial charge in [0.05, 0.1) is 5.69 Å². The molecule has 0 bridgehead atoms. The van der Waals surface area contributed by atoms with E-state index in [1.807, 2.05) is 25.4 Å². The van der Waals surface area contributed by atoms with Crippen LogP contribution in [0, 0.1) is 6.92 Å². The first-order valence-corrected chi connectivity index (χ1v) is 6.81. The van der Waals surface area contributed by atoms with Crippen molar-refractivity contribution < 1.29 is 0 Å². The van der Waals surface area contributed by atoms with E-state index in [0.717, 1.165) is 43.1 Å². The van der Waals surface area contributed by atoms with Gasteiger partial charge in [0.2, 0.25) is 5.95 Å². The molecular weight excluding hydrogens is 238 g/mol. The number of nitrogens with zero attached hydrogens (tertiary/aromatic N) is 4. The Kier molecular flexibility index (Phi) is 4.49. The quantitative estimate of drug-likeness (QED) is 0.865. The van der Waals surface area contributed by atoms with Crippen LogP contribution in [-0.2, 0) is 13.0 Å². The van der Waals surface area contributed by atoms with Crippen LogP contribution in [-0.4, -0.2) is 26.1 Å². The fourth-order valence-electron chi connectivity index (χ4n) is 2.00. The van der Waals surface area contributed by atoms with E-state index >= 15 is 0 Å². The monoisotopic (exact) mass is 259 g/mol. The van der Waals surface area contributed by atoms with Crippen molar-refractivity contribution in [1.29, 1.82) is 0 Å². The molecule has 0 fully saturated rings. The summed E-state index contributed by atoms with van der Waals surface area (Å²) in [4.78, 5) is 13.3. The molecule has 0 saturated heterocycles. The molecule has 2 aromatic rings. The zero-order valence-electron chi connectivity index (χ0n) is 11.8. The molecule has 2 aromatic heterocycles. The van der Waals surface area contributed by atoms with Gasteiger partial charge in [0.25, 0.3) is 0 Å². The summed E-state index contributed by atoms with van der Waals surface area (Å²) >= 11 is 0. The number of nitrogens with one attached hydrogen (secondary N) is 1. The lowest BCUT2D eigenvalue weighted by Gasteiger charge is -2.08. The molecule has 5 heteroatoms. The maximum atomic E-state index is 4.55. The summed E-state index contributed by atoms with van der Waals surface area (Å²) in [5.41, 5.74) is 1.99. The maximum absolute atomic E-state index is 4.55. The molecule has 0 aromatic carbocycles. The van der Waals surface area contributed by atoms with Crippen molar-refractivity contribution in [3.05, 3.63) is 35.7 Å². The second-order valence-corrected chi connectivity index (χ2v) is 4.56. The molecule has 0 atom stereocenters. The van der Waals surface area contributed by atoms with Gasteiger partial charge < -0.3 is 9.88 Å². The molecule has 102 valence electrons. The summed E-state index contributed by atoms with van der Waals surface area (Å²) in [7, 11) is 0. The number of aromatic nitrogens is 4. The van der Waals surface area contributed by atoms with E-state index in [9.17, 15) is 0 Å². The summed E-state index contributed by atoms with van der Waals surface area (Å²) in [5, 5.41) is 3.23. The Morgan fingerprint density at radius 3 is 2.84 bits per heavy atom. The third-order valence-corrected chi connectivity index (χ3v) is 2.92. The lowest BCUT2D eigenvalue weighted by molar-refractivity contribution is 0.707. The summed E-state index contributed by atoms with van der Waals surface area (Å²) in [6, 6.07) is 2.02. The first-order chi connectivity index (χ1) is 9.22. The van der Waals surface area contributed by atoms with Gasteiger partial charge in [-0.2, -0.15) is 0 Å². The third kappa shape index (κ3) is 3.53. The predicted molar refractivity (Wildman–Crippen MR) is 76.3 cm³/mol. The minimum atomic E-state index is 0.714. The smallest absolute Gasteiger partial charge is 0.223 e. The van der Waals surface area contributed by atoms with Crippen LogP contribution in [0.5, 0.6) is 0 Å². The Labute approximate surface area is 114 Å². The Bertz CT molecular complexity index is 532. The van der Waals surface area contributed by atoms with E-state index in [0.29, 0.717) is 5.95 Å². The van der Waals surface area contributed by atoms with E-state index < -0.39 is 0 Å². The van der Waals surface area contributed by atoms with Gasteiger partial charge in [0, 0.05) is 37.6 Å². The van der Waals surface area contributed by atoms with Gasteiger partial charge in [-0.05, 0) is 26.3 Å². The Morgan fingerprint density at radius 1 is 1.26 bits per heavy atom. The van der Waals surface area contributed by atoms with Crippen molar-refractivity contribution in [2.45, 2.75) is 40.2 Å². The van der Waals surface area contributed by atoms with E-state index in [2.05, 4.69) is 38.7 Å². The van der Waals surface area contributed by atoms with Crippen LogP contribution in [0.25, 0.3) is 0 Å². The number of hydrogen-bond donors (Lipinski definition) is 1. The fourth-order valence-corrected chi connectivity index (χ4v) is 2.00. The van der Waals surface area contributed by atoms with Gasteiger partial charge in [0.1, 0.15) is 5.82 Å². The fraction of sp³-hybridized carbons (Fsp3) is 0.500. The third-order valence-electron chi connectivity index (χ3n) is 2.92. The molecule has 0 unspecified atom stereocenters. The van der Waals surface area contributed by atoms with Crippen molar-refractivity contribution in [3.63, 3.8) is 0 Å². The molecule has 2 rings (SSSR count). The number of rotatable bonds is 6. The number of hydrogen-bond acceptors (Lipinski definition) is 4. The Hall–Kier alpha value is -1.91. The maximum Gasteiger partial charge on any atom is 0.223 e. The molecule has 0 aliphatic heterocycles. The highest BCUT2D eigenvalue weighted by Gasteiger charge is 2.07. The van der Waals surface area contributed by atoms with Crippen LogP contribution >= 0.6 is 0 Å². The first-order valence-electron chi connectivity index (χ1n) is 6.81. The molecule has 19 heavy (non-hydrogen) atoms. The van der Waals surface area contributed by atoms with Gasteiger partial charge >= 0.3 is 0 Å². The standard InChI is InChI=1S/C14H21N5/c1-4-6-16-14-17-11(3)9-12(18-14)10-13-15-7-8-19(13)5-2/h7-9H,4-6,10H2,1-3H3,(H,16,17,18). The van der Waals surface area contributed by atoms with Gasteiger partial charge in [-0.15, -0.1) is 0 Å². The first kappa shape index (κ1) is 13.5. The largest absolute Gasteiger partial charge is 0.354 e. The molecule has 0 aliphatic carbocycles. The summed E-state index contributed by atoms with van der Waals surface area (Å²) < 4.78 is 2.14. The van der Waals surface area contributed by atoms with Crippen LogP contribution in [0.2, 0.25) is 0 Å². The van der Waals surface area contributed by atoms with E-state index in [1.54, 1.807) is 0 Å². The average molecular weight is 259 g/mol. The highest BCUT2D eigenvalue weighted by atomic mass is 15.1. The van der Waals surface area contributed by atoms with E-state index in [-0.39, 0.29) is 0 Å². The van der Waals surface area contributed by atoms with Crippen LogP contribution < -0.4 is 5.32 Å².